The standard InChI is InChI=1S/C23H25Br2FN2O4/c1-14-10-28(15(2)9-27(14)11-16-4-6-18(26)7-5-16)20(30)13-32-23-19(31-3)8-17(12-29)21(24)22(23)25/h4-8,12,14-15H,9-11,13H2,1-3H3. The molecule has 2 atom stereocenters. The van der Waals surface area contributed by atoms with Gasteiger partial charge in [-0.2, -0.15) is 0 Å². The van der Waals surface area contributed by atoms with E-state index >= 15 is 0 Å². The van der Waals surface area contributed by atoms with Crippen LogP contribution in [0.25, 0.3) is 0 Å². The van der Waals surface area contributed by atoms with Crippen molar-refractivity contribution < 1.29 is 23.5 Å². The Hall–Kier alpha value is -1.97. The first-order valence-electron chi connectivity index (χ1n) is 10.2. The zero-order valence-corrected chi connectivity index (χ0v) is 21.3. The van der Waals surface area contributed by atoms with Gasteiger partial charge in [0.15, 0.2) is 24.4 Å². The van der Waals surface area contributed by atoms with Gasteiger partial charge in [-0.15, -0.1) is 0 Å². The molecule has 6 nitrogen and oxygen atoms in total. The number of benzene rings is 2. The highest BCUT2D eigenvalue weighted by Gasteiger charge is 2.32. The first kappa shape index (κ1) is 24.7. The Bertz CT molecular complexity index is 987. The molecule has 1 aliphatic heterocycles. The maximum Gasteiger partial charge on any atom is 0.260 e. The topological polar surface area (TPSA) is 59.1 Å². The molecule has 3 rings (SSSR count). The van der Waals surface area contributed by atoms with Crippen molar-refractivity contribution in [1.29, 1.82) is 0 Å². The molecule has 0 spiro atoms. The fourth-order valence-electron chi connectivity index (χ4n) is 3.78. The summed E-state index contributed by atoms with van der Waals surface area (Å²) < 4.78 is 25.4. The van der Waals surface area contributed by atoms with Crippen LogP contribution in [0.2, 0.25) is 0 Å². The Morgan fingerprint density at radius 3 is 2.47 bits per heavy atom. The molecular formula is C23H25Br2FN2O4. The SMILES string of the molecule is COc1cc(C=O)c(Br)c(Br)c1OCC(=O)N1CC(C)N(Cc2ccc(F)cc2)CC1C. The molecule has 2 aromatic carbocycles. The molecule has 0 N–H and O–H groups in total. The predicted octanol–water partition coefficient (Wildman–Crippen LogP) is 4.67. The summed E-state index contributed by atoms with van der Waals surface area (Å²) in [6.45, 7) is 5.90. The number of rotatable bonds is 7. The second-order valence-corrected chi connectivity index (χ2v) is 9.42. The Morgan fingerprint density at radius 2 is 1.84 bits per heavy atom. The third kappa shape index (κ3) is 5.50. The molecule has 2 aromatic rings. The Morgan fingerprint density at radius 1 is 1.16 bits per heavy atom. The largest absolute Gasteiger partial charge is 0.493 e. The van der Waals surface area contributed by atoms with Crippen molar-refractivity contribution in [3.05, 3.63) is 56.2 Å². The molecule has 0 aliphatic carbocycles. The van der Waals surface area contributed by atoms with Crippen molar-refractivity contribution in [3.63, 3.8) is 0 Å². The number of halogens is 3. The normalized spacial score (nSPS) is 19.0. The van der Waals surface area contributed by atoms with Crippen molar-refractivity contribution in [2.45, 2.75) is 32.5 Å². The van der Waals surface area contributed by atoms with E-state index in [1.165, 1.54) is 19.2 Å². The van der Waals surface area contributed by atoms with E-state index in [1.54, 1.807) is 18.2 Å². The zero-order valence-electron chi connectivity index (χ0n) is 18.1. The van der Waals surface area contributed by atoms with Gasteiger partial charge in [0.25, 0.3) is 5.91 Å². The lowest BCUT2D eigenvalue weighted by Gasteiger charge is -2.44. The molecule has 1 aliphatic rings. The summed E-state index contributed by atoms with van der Waals surface area (Å²) in [5.74, 6) is 0.339. The lowest BCUT2D eigenvalue weighted by Crippen LogP contribution is -2.58. The summed E-state index contributed by atoms with van der Waals surface area (Å²) in [6, 6.07) is 8.20. The Kier molecular flexibility index (Phi) is 8.30. The van der Waals surface area contributed by atoms with Gasteiger partial charge in [-0.1, -0.05) is 12.1 Å². The average molecular weight is 572 g/mol. The van der Waals surface area contributed by atoms with Crippen molar-refractivity contribution in [1.82, 2.24) is 9.80 Å². The number of methoxy groups -OCH3 is 1. The minimum Gasteiger partial charge on any atom is -0.493 e. The van der Waals surface area contributed by atoms with Gasteiger partial charge in [-0.05, 0) is 69.5 Å². The van der Waals surface area contributed by atoms with Crippen molar-refractivity contribution in [3.8, 4) is 11.5 Å². The zero-order chi connectivity index (χ0) is 23.4. The summed E-state index contributed by atoms with van der Waals surface area (Å²) in [5.41, 5.74) is 1.45. The van der Waals surface area contributed by atoms with Gasteiger partial charge < -0.3 is 14.4 Å². The van der Waals surface area contributed by atoms with E-state index in [0.29, 0.717) is 51.9 Å². The maximum atomic E-state index is 13.2. The molecule has 1 amide bonds. The molecular weight excluding hydrogens is 547 g/mol. The fraction of sp³-hybridized carbons (Fsp3) is 0.391. The average Bonchev–Trinajstić information content (AvgIpc) is 2.78. The second kappa shape index (κ2) is 10.8. The van der Waals surface area contributed by atoms with Crippen LogP contribution in [0, 0.1) is 5.82 Å². The number of nitrogens with zero attached hydrogens (tertiary/aromatic N) is 2. The number of amides is 1. The number of hydrogen-bond acceptors (Lipinski definition) is 5. The van der Waals surface area contributed by atoms with E-state index in [0.717, 1.165) is 5.56 Å². The van der Waals surface area contributed by atoms with Gasteiger partial charge in [0.2, 0.25) is 0 Å². The highest BCUT2D eigenvalue weighted by Crippen LogP contribution is 2.42. The molecule has 0 bridgehead atoms. The summed E-state index contributed by atoms with van der Waals surface area (Å²) in [6.07, 6.45) is 0.709. The molecule has 1 heterocycles. The van der Waals surface area contributed by atoms with Crippen LogP contribution < -0.4 is 9.47 Å². The first-order valence-corrected chi connectivity index (χ1v) is 11.8. The van der Waals surface area contributed by atoms with Crippen LogP contribution in [0.5, 0.6) is 11.5 Å². The number of hydrogen-bond donors (Lipinski definition) is 0. The van der Waals surface area contributed by atoms with Crippen LogP contribution in [0.3, 0.4) is 0 Å². The number of ether oxygens (including phenoxy) is 2. The molecule has 1 saturated heterocycles. The first-order chi connectivity index (χ1) is 15.2. The smallest absolute Gasteiger partial charge is 0.260 e. The monoisotopic (exact) mass is 570 g/mol. The minimum absolute atomic E-state index is 0.00254. The van der Waals surface area contributed by atoms with Crippen molar-refractivity contribution >= 4 is 44.1 Å². The number of carbonyl (C=O) groups is 2. The number of piperazine rings is 1. The molecule has 1 fully saturated rings. The third-order valence-electron chi connectivity index (χ3n) is 5.58. The lowest BCUT2D eigenvalue weighted by atomic mass is 10.1. The number of aldehydes is 1. The highest BCUT2D eigenvalue weighted by atomic mass is 79.9. The molecule has 0 aromatic heterocycles. The molecule has 0 saturated carbocycles. The molecule has 172 valence electrons. The van der Waals surface area contributed by atoms with E-state index in [-0.39, 0.29) is 30.4 Å². The molecule has 32 heavy (non-hydrogen) atoms. The quantitative estimate of drug-likeness (QED) is 0.452. The van der Waals surface area contributed by atoms with E-state index < -0.39 is 0 Å². The van der Waals surface area contributed by atoms with Gasteiger partial charge in [-0.25, -0.2) is 4.39 Å². The lowest BCUT2D eigenvalue weighted by molar-refractivity contribution is -0.139. The summed E-state index contributed by atoms with van der Waals surface area (Å²) >= 11 is 6.77. The van der Waals surface area contributed by atoms with Crippen LogP contribution in [-0.4, -0.2) is 60.9 Å². The van der Waals surface area contributed by atoms with Gasteiger partial charge in [-0.3, -0.25) is 14.5 Å². The van der Waals surface area contributed by atoms with Gasteiger partial charge >= 0.3 is 0 Å². The van der Waals surface area contributed by atoms with E-state index in [2.05, 4.69) is 43.7 Å². The second-order valence-electron chi connectivity index (χ2n) is 7.83. The van der Waals surface area contributed by atoms with Crippen molar-refractivity contribution in [2.24, 2.45) is 0 Å². The van der Waals surface area contributed by atoms with E-state index in [1.807, 2.05) is 11.8 Å². The predicted molar refractivity (Wildman–Crippen MR) is 127 cm³/mol. The van der Waals surface area contributed by atoms with E-state index in [9.17, 15) is 14.0 Å². The molecule has 0 radical (unpaired) electrons. The maximum absolute atomic E-state index is 13.2. The molecule has 2 unspecified atom stereocenters. The third-order valence-corrected chi connectivity index (χ3v) is 7.72. The van der Waals surface area contributed by atoms with Crippen molar-refractivity contribution in [2.75, 3.05) is 26.8 Å². The Balaban J connectivity index is 1.65. The van der Waals surface area contributed by atoms with Crippen LogP contribution in [-0.2, 0) is 11.3 Å². The van der Waals surface area contributed by atoms with Gasteiger partial charge in [0.1, 0.15) is 5.82 Å². The fourth-order valence-corrected chi connectivity index (χ4v) is 4.71. The van der Waals surface area contributed by atoms with Crippen LogP contribution in [0.1, 0.15) is 29.8 Å². The summed E-state index contributed by atoms with van der Waals surface area (Å²) in [5, 5.41) is 0. The number of carbonyl (C=O) groups excluding carboxylic acids is 2. The van der Waals surface area contributed by atoms with Crippen LogP contribution in [0.15, 0.2) is 39.3 Å². The minimum atomic E-state index is -0.248. The van der Waals surface area contributed by atoms with Crippen LogP contribution in [0.4, 0.5) is 4.39 Å². The van der Waals surface area contributed by atoms with Gasteiger partial charge in [0.05, 0.1) is 11.6 Å². The molecule has 9 heteroatoms. The van der Waals surface area contributed by atoms with Gasteiger partial charge in [0, 0.05) is 41.8 Å². The van der Waals surface area contributed by atoms with Crippen LogP contribution >= 0.6 is 31.9 Å². The summed E-state index contributed by atoms with van der Waals surface area (Å²) in [7, 11) is 1.48. The highest BCUT2D eigenvalue weighted by molar-refractivity contribution is 9.13. The Labute approximate surface area is 203 Å². The van der Waals surface area contributed by atoms with E-state index in [4.69, 9.17) is 9.47 Å². The summed E-state index contributed by atoms with van der Waals surface area (Å²) in [4.78, 5) is 28.3.